The summed E-state index contributed by atoms with van der Waals surface area (Å²) in [4.78, 5) is 0. The van der Waals surface area contributed by atoms with Gasteiger partial charge in [0.1, 0.15) is 0 Å². The molecule has 1 aliphatic rings. The minimum Gasteiger partial charge on any atom is -0.416 e. The summed E-state index contributed by atoms with van der Waals surface area (Å²) in [6.45, 7) is 16.4. The first-order valence-corrected chi connectivity index (χ1v) is 9.38. The minimum absolute atomic E-state index is 0.326. The molecule has 94 valence electrons. The Kier molecular flexibility index (Phi) is 4.07. The standard InChI is InChI=1S/C14H28OSi/c1-7-9-14(10-8-11-14)12-15-16(5,6)13(2,3)4/h7H,1,8-12H2,2-6H3. The van der Waals surface area contributed by atoms with Crippen LogP contribution in [0.15, 0.2) is 12.7 Å². The zero-order chi connectivity index (χ0) is 12.4. The van der Waals surface area contributed by atoms with Crippen molar-refractivity contribution in [3.63, 3.8) is 0 Å². The van der Waals surface area contributed by atoms with E-state index in [9.17, 15) is 0 Å². The first kappa shape index (κ1) is 14.0. The zero-order valence-corrected chi connectivity index (χ0v) is 12.7. The quantitative estimate of drug-likeness (QED) is 0.497. The highest BCUT2D eigenvalue weighted by molar-refractivity contribution is 6.74. The van der Waals surface area contributed by atoms with E-state index in [1.165, 1.54) is 19.3 Å². The van der Waals surface area contributed by atoms with Crippen molar-refractivity contribution in [2.24, 2.45) is 5.41 Å². The molecule has 0 unspecified atom stereocenters. The molecule has 0 heterocycles. The Bertz CT molecular complexity index is 246. The van der Waals surface area contributed by atoms with Crippen LogP contribution >= 0.6 is 0 Å². The molecule has 1 nitrogen and oxygen atoms in total. The fourth-order valence-corrected chi connectivity index (χ4v) is 3.04. The highest BCUT2D eigenvalue weighted by Gasteiger charge is 2.42. The van der Waals surface area contributed by atoms with Crippen LogP contribution in [0.5, 0.6) is 0 Å². The topological polar surface area (TPSA) is 9.23 Å². The lowest BCUT2D eigenvalue weighted by atomic mass is 9.67. The van der Waals surface area contributed by atoms with Crippen LogP contribution in [0, 0.1) is 5.41 Å². The van der Waals surface area contributed by atoms with Crippen LogP contribution in [0.4, 0.5) is 0 Å². The van der Waals surface area contributed by atoms with Crippen molar-refractivity contribution in [1.82, 2.24) is 0 Å². The van der Waals surface area contributed by atoms with Crippen LogP contribution in [0.3, 0.4) is 0 Å². The molecule has 1 saturated carbocycles. The van der Waals surface area contributed by atoms with E-state index in [-0.39, 0.29) is 0 Å². The van der Waals surface area contributed by atoms with E-state index < -0.39 is 8.32 Å². The summed E-state index contributed by atoms with van der Waals surface area (Å²) in [5.41, 5.74) is 0.442. The largest absolute Gasteiger partial charge is 0.416 e. The molecule has 0 aromatic heterocycles. The molecular weight excluding hydrogens is 212 g/mol. The molecule has 1 rings (SSSR count). The van der Waals surface area contributed by atoms with Crippen molar-refractivity contribution in [2.75, 3.05) is 6.61 Å². The highest BCUT2D eigenvalue weighted by atomic mass is 28.4. The fraction of sp³-hybridized carbons (Fsp3) is 0.857. The van der Waals surface area contributed by atoms with Gasteiger partial charge < -0.3 is 4.43 Å². The van der Waals surface area contributed by atoms with Crippen molar-refractivity contribution >= 4 is 8.32 Å². The van der Waals surface area contributed by atoms with Gasteiger partial charge in [-0.05, 0) is 42.8 Å². The lowest BCUT2D eigenvalue weighted by Gasteiger charge is -2.45. The van der Waals surface area contributed by atoms with Crippen molar-refractivity contribution < 1.29 is 4.43 Å². The second kappa shape index (κ2) is 4.65. The summed E-state index contributed by atoms with van der Waals surface area (Å²) in [6.07, 6.45) is 7.21. The molecule has 1 fully saturated rings. The minimum atomic E-state index is -1.56. The van der Waals surface area contributed by atoms with E-state index in [1.807, 2.05) is 0 Å². The van der Waals surface area contributed by atoms with Crippen molar-refractivity contribution in [1.29, 1.82) is 0 Å². The van der Waals surface area contributed by atoms with Crippen LogP contribution in [0.1, 0.15) is 46.5 Å². The third-order valence-electron chi connectivity index (χ3n) is 4.54. The Morgan fingerprint density at radius 1 is 1.31 bits per heavy atom. The molecule has 0 aliphatic heterocycles. The molecule has 1 aliphatic carbocycles. The maximum atomic E-state index is 6.34. The molecule has 16 heavy (non-hydrogen) atoms. The SMILES string of the molecule is C=CCC1(CO[Si](C)(C)C(C)(C)C)CCC1. The summed E-state index contributed by atoms with van der Waals surface area (Å²) in [6, 6.07) is 0. The Labute approximate surface area is 102 Å². The lowest BCUT2D eigenvalue weighted by Crippen LogP contribution is -2.45. The first-order valence-electron chi connectivity index (χ1n) is 6.47. The highest BCUT2D eigenvalue weighted by Crippen LogP contribution is 2.46. The first-order chi connectivity index (χ1) is 7.22. The van der Waals surface area contributed by atoms with Gasteiger partial charge in [0.2, 0.25) is 0 Å². The number of hydrogen-bond donors (Lipinski definition) is 0. The molecule has 0 saturated heterocycles. The fourth-order valence-electron chi connectivity index (χ4n) is 1.94. The third-order valence-corrected chi connectivity index (χ3v) is 9.02. The molecule has 0 N–H and O–H groups in total. The average molecular weight is 240 g/mol. The van der Waals surface area contributed by atoms with E-state index in [2.05, 4.69) is 46.5 Å². The summed E-state index contributed by atoms with van der Waals surface area (Å²) < 4.78 is 6.34. The summed E-state index contributed by atoms with van der Waals surface area (Å²) >= 11 is 0. The molecule has 0 aromatic rings. The van der Waals surface area contributed by atoms with Gasteiger partial charge in [-0.2, -0.15) is 0 Å². The average Bonchev–Trinajstić information content (AvgIpc) is 2.07. The lowest BCUT2D eigenvalue weighted by molar-refractivity contribution is 0.0535. The Morgan fingerprint density at radius 3 is 2.19 bits per heavy atom. The van der Waals surface area contributed by atoms with Gasteiger partial charge in [0.05, 0.1) is 0 Å². The van der Waals surface area contributed by atoms with Gasteiger partial charge in [0, 0.05) is 6.61 Å². The zero-order valence-electron chi connectivity index (χ0n) is 11.7. The molecule has 0 atom stereocenters. The van der Waals surface area contributed by atoms with Crippen molar-refractivity contribution in [3.8, 4) is 0 Å². The van der Waals surface area contributed by atoms with Crippen LogP contribution in [0.2, 0.25) is 18.1 Å². The molecule has 0 amide bonds. The second-order valence-corrected chi connectivity index (χ2v) is 11.7. The van der Waals surface area contributed by atoms with Gasteiger partial charge in [-0.25, -0.2) is 0 Å². The maximum Gasteiger partial charge on any atom is 0.192 e. The predicted molar refractivity (Wildman–Crippen MR) is 74.2 cm³/mol. The van der Waals surface area contributed by atoms with E-state index in [0.717, 1.165) is 13.0 Å². The number of hydrogen-bond acceptors (Lipinski definition) is 1. The predicted octanol–water partition coefficient (Wildman–Crippen LogP) is 4.75. The molecular formula is C14H28OSi. The summed E-state index contributed by atoms with van der Waals surface area (Å²) in [5, 5.41) is 0.326. The molecule has 2 heteroatoms. The molecule has 0 aromatic carbocycles. The van der Waals surface area contributed by atoms with E-state index in [0.29, 0.717) is 10.5 Å². The maximum absolute atomic E-state index is 6.34. The molecule has 0 bridgehead atoms. The van der Waals surface area contributed by atoms with Crippen LogP contribution in [-0.2, 0) is 4.43 Å². The monoisotopic (exact) mass is 240 g/mol. The smallest absolute Gasteiger partial charge is 0.192 e. The number of rotatable bonds is 5. The van der Waals surface area contributed by atoms with Crippen LogP contribution < -0.4 is 0 Å². The van der Waals surface area contributed by atoms with Gasteiger partial charge in [0.15, 0.2) is 8.32 Å². The molecule has 0 radical (unpaired) electrons. The van der Waals surface area contributed by atoms with Crippen LogP contribution in [-0.4, -0.2) is 14.9 Å². The Balaban J connectivity index is 2.53. The van der Waals surface area contributed by atoms with Crippen molar-refractivity contribution in [2.45, 2.75) is 64.6 Å². The molecule has 0 spiro atoms. The summed E-state index contributed by atoms with van der Waals surface area (Å²) in [5.74, 6) is 0. The van der Waals surface area contributed by atoms with Gasteiger partial charge in [-0.15, -0.1) is 6.58 Å². The van der Waals surface area contributed by atoms with Gasteiger partial charge in [-0.1, -0.05) is 33.3 Å². The van der Waals surface area contributed by atoms with Crippen LogP contribution in [0.25, 0.3) is 0 Å². The Hall–Kier alpha value is -0.0831. The van der Waals surface area contributed by atoms with Gasteiger partial charge >= 0.3 is 0 Å². The Morgan fingerprint density at radius 2 is 1.88 bits per heavy atom. The third kappa shape index (κ3) is 2.98. The van der Waals surface area contributed by atoms with E-state index >= 15 is 0 Å². The van der Waals surface area contributed by atoms with Gasteiger partial charge in [0.25, 0.3) is 0 Å². The second-order valence-electron chi connectivity index (χ2n) is 6.90. The van der Waals surface area contributed by atoms with E-state index in [4.69, 9.17) is 4.43 Å². The van der Waals surface area contributed by atoms with Crippen molar-refractivity contribution in [3.05, 3.63) is 12.7 Å². The van der Waals surface area contributed by atoms with Gasteiger partial charge in [-0.3, -0.25) is 0 Å². The summed E-state index contributed by atoms with van der Waals surface area (Å²) in [7, 11) is -1.56. The normalized spacial score (nSPS) is 20.3. The van der Waals surface area contributed by atoms with E-state index in [1.54, 1.807) is 0 Å². The number of allylic oxidation sites excluding steroid dienone is 1.